The van der Waals surface area contributed by atoms with Crippen LogP contribution in [0.15, 0.2) is 10.5 Å². The molecule has 0 bridgehead atoms. The summed E-state index contributed by atoms with van der Waals surface area (Å²) < 4.78 is 30.2. The van der Waals surface area contributed by atoms with Crippen LogP contribution in [0.25, 0.3) is 0 Å². The highest BCUT2D eigenvalue weighted by Crippen LogP contribution is 2.42. The van der Waals surface area contributed by atoms with Gasteiger partial charge in [0, 0.05) is 12.0 Å². The van der Waals surface area contributed by atoms with Crippen molar-refractivity contribution >= 4 is 5.91 Å². The number of alkyl halides is 2. The highest BCUT2D eigenvalue weighted by molar-refractivity contribution is 5.79. The van der Waals surface area contributed by atoms with Crippen LogP contribution >= 0.6 is 0 Å². The molecule has 1 aliphatic carbocycles. The fraction of sp³-hybridized carbons (Fsp3) is 0.615. The standard InChI is InChI=1S/C13H17F2NO2/c1-7-4-8-9(16-12(17)11(14)15)5-13(2,3)6-10(8)18-7/h4,9,11H,5-6H2,1-3H3,(H,16,17). The molecular formula is C13H17F2NO2. The SMILES string of the molecule is Cc1cc2c(o1)CC(C)(C)CC2NC(=O)C(F)F. The molecule has 5 heteroatoms. The third kappa shape index (κ3) is 2.54. The molecule has 0 saturated heterocycles. The van der Waals surface area contributed by atoms with Gasteiger partial charge < -0.3 is 9.73 Å². The molecule has 1 heterocycles. The van der Waals surface area contributed by atoms with Crippen LogP contribution in [-0.2, 0) is 11.2 Å². The maximum Gasteiger partial charge on any atom is 0.315 e. The molecule has 0 aromatic carbocycles. The molecule has 1 aliphatic rings. The Morgan fingerprint density at radius 2 is 2.22 bits per heavy atom. The number of furan rings is 1. The fourth-order valence-electron chi connectivity index (χ4n) is 2.55. The lowest BCUT2D eigenvalue weighted by atomic mass is 9.74. The van der Waals surface area contributed by atoms with E-state index in [9.17, 15) is 13.6 Å². The summed E-state index contributed by atoms with van der Waals surface area (Å²) in [4.78, 5) is 11.1. The van der Waals surface area contributed by atoms with Gasteiger partial charge in [0.1, 0.15) is 11.5 Å². The van der Waals surface area contributed by atoms with Crippen molar-refractivity contribution in [1.29, 1.82) is 0 Å². The summed E-state index contributed by atoms with van der Waals surface area (Å²) in [7, 11) is 0. The third-order valence-corrected chi connectivity index (χ3v) is 3.25. The Labute approximate surface area is 105 Å². The molecule has 0 radical (unpaired) electrons. The summed E-state index contributed by atoms with van der Waals surface area (Å²) in [6.45, 7) is 5.89. The van der Waals surface area contributed by atoms with Crippen LogP contribution in [0.2, 0.25) is 0 Å². The zero-order chi connectivity index (χ0) is 13.5. The molecule has 1 N–H and O–H groups in total. The molecule has 1 aromatic heterocycles. The molecule has 1 amide bonds. The van der Waals surface area contributed by atoms with Gasteiger partial charge in [0.15, 0.2) is 0 Å². The number of rotatable bonds is 2. The molecule has 3 nitrogen and oxygen atoms in total. The number of halogens is 2. The minimum Gasteiger partial charge on any atom is -0.466 e. The number of hydrogen-bond acceptors (Lipinski definition) is 2. The molecule has 2 rings (SSSR count). The van der Waals surface area contributed by atoms with Gasteiger partial charge >= 0.3 is 6.43 Å². The van der Waals surface area contributed by atoms with Gasteiger partial charge in [0.25, 0.3) is 5.91 Å². The number of fused-ring (bicyclic) bond motifs is 1. The van der Waals surface area contributed by atoms with Gasteiger partial charge in [-0.1, -0.05) is 13.8 Å². The number of carbonyl (C=O) groups is 1. The van der Waals surface area contributed by atoms with E-state index < -0.39 is 12.3 Å². The van der Waals surface area contributed by atoms with Crippen molar-refractivity contribution in [2.24, 2.45) is 5.41 Å². The van der Waals surface area contributed by atoms with Gasteiger partial charge in [0.05, 0.1) is 6.04 Å². The van der Waals surface area contributed by atoms with Crippen LogP contribution in [0, 0.1) is 12.3 Å². The maximum atomic E-state index is 12.3. The zero-order valence-corrected chi connectivity index (χ0v) is 10.7. The first-order valence-electron chi connectivity index (χ1n) is 5.96. The minimum absolute atomic E-state index is 0.0721. The van der Waals surface area contributed by atoms with E-state index in [2.05, 4.69) is 5.32 Å². The Bertz CT molecular complexity index is 466. The summed E-state index contributed by atoms with van der Waals surface area (Å²) in [5, 5.41) is 2.39. The van der Waals surface area contributed by atoms with Crippen LogP contribution in [0.3, 0.4) is 0 Å². The Kier molecular flexibility index (Phi) is 3.17. The second-order valence-electron chi connectivity index (χ2n) is 5.64. The normalized spacial score (nSPS) is 21.8. The second kappa shape index (κ2) is 4.37. The average molecular weight is 257 g/mol. The Morgan fingerprint density at radius 3 is 2.83 bits per heavy atom. The predicted octanol–water partition coefficient (Wildman–Crippen LogP) is 2.98. The van der Waals surface area contributed by atoms with Gasteiger partial charge in [-0.15, -0.1) is 0 Å². The van der Waals surface area contributed by atoms with Gasteiger partial charge in [-0.2, -0.15) is 8.78 Å². The van der Waals surface area contributed by atoms with Gasteiger partial charge in [-0.25, -0.2) is 0 Å². The van der Waals surface area contributed by atoms with E-state index in [1.807, 2.05) is 26.8 Å². The van der Waals surface area contributed by atoms with Crippen molar-refractivity contribution in [3.8, 4) is 0 Å². The molecule has 0 spiro atoms. The first-order valence-corrected chi connectivity index (χ1v) is 5.96. The Hall–Kier alpha value is -1.39. The fourth-order valence-corrected chi connectivity index (χ4v) is 2.55. The van der Waals surface area contributed by atoms with Crippen LogP contribution < -0.4 is 5.32 Å². The second-order valence-corrected chi connectivity index (χ2v) is 5.64. The highest BCUT2D eigenvalue weighted by atomic mass is 19.3. The topological polar surface area (TPSA) is 42.2 Å². The molecule has 1 unspecified atom stereocenters. The van der Waals surface area contributed by atoms with Crippen LogP contribution in [-0.4, -0.2) is 12.3 Å². The minimum atomic E-state index is -2.98. The van der Waals surface area contributed by atoms with Crippen molar-refractivity contribution in [2.75, 3.05) is 0 Å². The number of amides is 1. The van der Waals surface area contributed by atoms with Crippen LogP contribution in [0.4, 0.5) is 8.78 Å². The quantitative estimate of drug-likeness (QED) is 0.885. The van der Waals surface area contributed by atoms with Crippen molar-refractivity contribution in [2.45, 2.75) is 46.1 Å². The van der Waals surface area contributed by atoms with Crippen LogP contribution in [0.5, 0.6) is 0 Å². The molecule has 0 fully saturated rings. The number of hydrogen-bond donors (Lipinski definition) is 1. The molecule has 1 aromatic rings. The highest BCUT2D eigenvalue weighted by Gasteiger charge is 2.36. The molecule has 100 valence electrons. The molecular weight excluding hydrogens is 240 g/mol. The smallest absolute Gasteiger partial charge is 0.315 e. The molecule has 0 saturated carbocycles. The molecule has 0 aliphatic heterocycles. The van der Waals surface area contributed by atoms with E-state index in [0.29, 0.717) is 6.42 Å². The summed E-state index contributed by atoms with van der Waals surface area (Å²) in [5.41, 5.74) is 0.762. The van der Waals surface area contributed by atoms with E-state index in [1.54, 1.807) is 0 Å². The Morgan fingerprint density at radius 1 is 1.56 bits per heavy atom. The monoisotopic (exact) mass is 257 g/mol. The number of nitrogens with one attached hydrogen (secondary N) is 1. The number of aryl methyl sites for hydroxylation is 1. The van der Waals surface area contributed by atoms with E-state index in [1.165, 1.54) is 0 Å². The van der Waals surface area contributed by atoms with Crippen molar-refractivity contribution < 1.29 is 18.0 Å². The van der Waals surface area contributed by atoms with Gasteiger partial charge in [-0.3, -0.25) is 4.79 Å². The lowest BCUT2D eigenvalue weighted by molar-refractivity contribution is -0.132. The van der Waals surface area contributed by atoms with Crippen molar-refractivity contribution in [3.05, 3.63) is 23.2 Å². The summed E-state index contributed by atoms with van der Waals surface area (Å²) >= 11 is 0. The first-order chi connectivity index (χ1) is 8.28. The van der Waals surface area contributed by atoms with Crippen molar-refractivity contribution in [1.82, 2.24) is 5.32 Å². The van der Waals surface area contributed by atoms with E-state index in [-0.39, 0.29) is 11.5 Å². The van der Waals surface area contributed by atoms with Crippen molar-refractivity contribution in [3.63, 3.8) is 0 Å². The van der Waals surface area contributed by atoms with Gasteiger partial charge in [0.2, 0.25) is 0 Å². The largest absolute Gasteiger partial charge is 0.466 e. The van der Waals surface area contributed by atoms with Crippen LogP contribution in [0.1, 0.15) is 43.4 Å². The molecule has 1 atom stereocenters. The maximum absolute atomic E-state index is 12.3. The zero-order valence-electron chi connectivity index (χ0n) is 10.7. The lowest BCUT2D eigenvalue weighted by Crippen LogP contribution is -2.38. The Balaban J connectivity index is 2.27. The molecule has 18 heavy (non-hydrogen) atoms. The van der Waals surface area contributed by atoms with Gasteiger partial charge in [-0.05, 0) is 24.8 Å². The number of carbonyl (C=O) groups excluding carboxylic acids is 1. The third-order valence-electron chi connectivity index (χ3n) is 3.25. The summed E-state index contributed by atoms with van der Waals surface area (Å²) in [6, 6.07) is 1.43. The summed E-state index contributed by atoms with van der Waals surface area (Å²) in [5.74, 6) is 0.319. The summed E-state index contributed by atoms with van der Waals surface area (Å²) in [6.07, 6.45) is -1.58. The predicted molar refractivity (Wildman–Crippen MR) is 62.4 cm³/mol. The lowest BCUT2D eigenvalue weighted by Gasteiger charge is -2.34. The van der Waals surface area contributed by atoms with E-state index >= 15 is 0 Å². The first kappa shape index (κ1) is 13.1. The van der Waals surface area contributed by atoms with E-state index in [0.717, 1.165) is 23.5 Å². The van der Waals surface area contributed by atoms with E-state index in [4.69, 9.17) is 4.42 Å². The average Bonchev–Trinajstić information content (AvgIpc) is 2.56.